The van der Waals surface area contributed by atoms with E-state index in [1.165, 1.54) is 29.2 Å². The van der Waals surface area contributed by atoms with Crippen LogP contribution in [-0.4, -0.2) is 38.2 Å². The van der Waals surface area contributed by atoms with Crippen LogP contribution in [0.4, 0.5) is 0 Å². The summed E-state index contributed by atoms with van der Waals surface area (Å²) in [6.45, 7) is 3.17. The van der Waals surface area contributed by atoms with Crippen LogP contribution in [0.2, 0.25) is 0 Å². The fourth-order valence-electron chi connectivity index (χ4n) is 3.26. The Bertz CT molecular complexity index is 605. The van der Waals surface area contributed by atoms with Crippen molar-refractivity contribution in [2.75, 3.05) is 27.2 Å². The predicted molar refractivity (Wildman–Crippen MR) is 87.9 cm³/mol. The number of hydrogen-bond acceptors (Lipinski definition) is 3. The molecule has 3 heteroatoms. The van der Waals surface area contributed by atoms with Crippen LogP contribution in [0.1, 0.15) is 18.4 Å². The maximum Gasteiger partial charge on any atom is 0.123 e. The molecule has 0 radical (unpaired) electrons. The van der Waals surface area contributed by atoms with E-state index in [-0.39, 0.29) is 0 Å². The topological polar surface area (TPSA) is 24.5 Å². The van der Waals surface area contributed by atoms with Crippen LogP contribution in [0, 0.1) is 0 Å². The van der Waals surface area contributed by atoms with Crippen molar-refractivity contribution in [2.24, 2.45) is 0 Å². The smallest absolute Gasteiger partial charge is 0.123 e. The summed E-state index contributed by atoms with van der Waals surface area (Å²) in [6, 6.07) is 13.4. The van der Waals surface area contributed by atoms with Crippen LogP contribution in [0.5, 0.6) is 5.75 Å². The summed E-state index contributed by atoms with van der Waals surface area (Å²) in [5.74, 6) is 0.990. The monoisotopic (exact) mass is 284 g/mol. The summed E-state index contributed by atoms with van der Waals surface area (Å²) in [6.07, 6.45) is 2.54. The van der Waals surface area contributed by atoms with Gasteiger partial charge in [0.2, 0.25) is 0 Å². The number of benzene rings is 2. The Balaban J connectivity index is 1.90. The van der Waals surface area contributed by atoms with Crippen molar-refractivity contribution >= 4 is 10.8 Å². The maximum absolute atomic E-state index is 5.60. The molecule has 1 atom stereocenters. The van der Waals surface area contributed by atoms with Crippen molar-refractivity contribution in [3.63, 3.8) is 0 Å². The van der Waals surface area contributed by atoms with Gasteiger partial charge >= 0.3 is 0 Å². The molecule has 0 spiro atoms. The lowest BCUT2D eigenvalue weighted by atomic mass is 10.0. The van der Waals surface area contributed by atoms with Gasteiger partial charge in [-0.3, -0.25) is 4.90 Å². The van der Waals surface area contributed by atoms with Gasteiger partial charge in [-0.2, -0.15) is 0 Å². The fourth-order valence-corrected chi connectivity index (χ4v) is 3.26. The Labute approximate surface area is 126 Å². The van der Waals surface area contributed by atoms with Crippen molar-refractivity contribution in [1.29, 1.82) is 0 Å². The summed E-state index contributed by atoms with van der Waals surface area (Å²) >= 11 is 0. The average Bonchev–Trinajstić information content (AvgIpc) is 2.56. The lowest BCUT2D eigenvalue weighted by molar-refractivity contribution is 0.194. The van der Waals surface area contributed by atoms with Gasteiger partial charge in [-0.15, -0.1) is 0 Å². The third kappa shape index (κ3) is 3.04. The van der Waals surface area contributed by atoms with Crippen LogP contribution in [0.15, 0.2) is 36.4 Å². The first-order chi connectivity index (χ1) is 10.3. The van der Waals surface area contributed by atoms with E-state index in [1.54, 1.807) is 7.11 Å². The van der Waals surface area contributed by atoms with Crippen molar-refractivity contribution in [2.45, 2.75) is 25.4 Å². The van der Waals surface area contributed by atoms with Crippen LogP contribution in [-0.2, 0) is 6.54 Å². The van der Waals surface area contributed by atoms with E-state index < -0.39 is 0 Å². The van der Waals surface area contributed by atoms with E-state index in [1.807, 2.05) is 0 Å². The molecule has 112 valence electrons. The van der Waals surface area contributed by atoms with Gasteiger partial charge in [-0.05, 0) is 43.3 Å². The number of nitrogens with zero attached hydrogens (tertiary/aromatic N) is 1. The van der Waals surface area contributed by atoms with Crippen LogP contribution in [0.25, 0.3) is 10.8 Å². The minimum atomic E-state index is 0.613. The zero-order chi connectivity index (χ0) is 14.7. The molecule has 1 heterocycles. The minimum absolute atomic E-state index is 0.613. The van der Waals surface area contributed by atoms with Crippen molar-refractivity contribution < 1.29 is 4.74 Å². The molecule has 1 aliphatic rings. The Morgan fingerprint density at radius 3 is 2.86 bits per heavy atom. The molecule has 0 amide bonds. The van der Waals surface area contributed by atoms with Crippen molar-refractivity contribution in [1.82, 2.24) is 10.2 Å². The molecule has 21 heavy (non-hydrogen) atoms. The van der Waals surface area contributed by atoms with Gasteiger partial charge < -0.3 is 10.1 Å². The van der Waals surface area contributed by atoms with E-state index in [9.17, 15) is 0 Å². The molecular formula is C18H24N2O. The first-order valence-electron chi connectivity index (χ1n) is 7.75. The van der Waals surface area contributed by atoms with Gasteiger partial charge in [0.15, 0.2) is 0 Å². The molecule has 3 nitrogen and oxygen atoms in total. The molecule has 1 aliphatic heterocycles. The summed E-state index contributed by atoms with van der Waals surface area (Å²) in [5.41, 5.74) is 1.30. The Morgan fingerprint density at radius 2 is 2.10 bits per heavy atom. The second-order valence-corrected chi connectivity index (χ2v) is 5.88. The highest BCUT2D eigenvalue weighted by molar-refractivity contribution is 5.87. The maximum atomic E-state index is 5.60. The molecule has 0 saturated carbocycles. The molecule has 2 aromatic rings. The second kappa shape index (κ2) is 6.46. The number of rotatable bonds is 4. The Kier molecular flexibility index (Phi) is 4.42. The summed E-state index contributed by atoms with van der Waals surface area (Å²) in [5, 5.41) is 6.07. The van der Waals surface area contributed by atoms with Crippen molar-refractivity contribution in [3.05, 3.63) is 42.0 Å². The van der Waals surface area contributed by atoms with Gasteiger partial charge in [0.05, 0.1) is 7.11 Å². The molecule has 0 aliphatic carbocycles. The molecule has 0 bridgehead atoms. The lowest BCUT2D eigenvalue weighted by Gasteiger charge is -2.32. The van der Waals surface area contributed by atoms with Gasteiger partial charge in [-0.1, -0.05) is 30.3 Å². The highest BCUT2D eigenvalue weighted by Gasteiger charge is 2.19. The number of hydrogen-bond donors (Lipinski definition) is 1. The number of methoxy groups -OCH3 is 1. The third-order valence-electron chi connectivity index (χ3n) is 4.52. The third-order valence-corrected chi connectivity index (χ3v) is 4.52. The van der Waals surface area contributed by atoms with E-state index >= 15 is 0 Å². The normalized spacial score (nSPS) is 19.1. The summed E-state index contributed by atoms with van der Waals surface area (Å²) in [7, 11) is 3.98. The van der Waals surface area contributed by atoms with Gasteiger partial charge in [0, 0.05) is 24.7 Å². The van der Waals surface area contributed by atoms with Gasteiger partial charge in [-0.25, -0.2) is 0 Å². The van der Waals surface area contributed by atoms with Gasteiger partial charge in [0.25, 0.3) is 0 Å². The molecule has 1 N–H and O–H groups in total. The first-order valence-corrected chi connectivity index (χ1v) is 7.75. The van der Waals surface area contributed by atoms with Gasteiger partial charge in [0.1, 0.15) is 5.75 Å². The molecule has 1 unspecified atom stereocenters. The standard InChI is InChI=1S/C18H24N2O/c1-20(15-7-5-11-19-12-15)13-17-16-8-4-3-6-14(16)9-10-18(17)21-2/h3-4,6,8-10,15,19H,5,7,11-13H2,1-2H3. The molecule has 0 aromatic heterocycles. The largest absolute Gasteiger partial charge is 0.496 e. The van der Waals surface area contributed by atoms with Crippen LogP contribution < -0.4 is 10.1 Å². The fraction of sp³-hybridized carbons (Fsp3) is 0.444. The minimum Gasteiger partial charge on any atom is -0.496 e. The highest BCUT2D eigenvalue weighted by Crippen LogP contribution is 2.29. The summed E-state index contributed by atoms with van der Waals surface area (Å²) in [4.78, 5) is 2.45. The first kappa shape index (κ1) is 14.4. The summed E-state index contributed by atoms with van der Waals surface area (Å²) < 4.78 is 5.60. The average molecular weight is 284 g/mol. The molecule has 2 aromatic carbocycles. The number of likely N-dealkylation sites (N-methyl/N-ethyl adjacent to an activating group) is 1. The zero-order valence-electron chi connectivity index (χ0n) is 12.9. The van der Waals surface area contributed by atoms with Crippen LogP contribution >= 0.6 is 0 Å². The van der Waals surface area contributed by atoms with Crippen LogP contribution in [0.3, 0.4) is 0 Å². The van der Waals surface area contributed by atoms with E-state index in [0.29, 0.717) is 6.04 Å². The van der Waals surface area contributed by atoms with E-state index in [2.05, 4.69) is 53.7 Å². The Hall–Kier alpha value is -1.58. The predicted octanol–water partition coefficient (Wildman–Crippen LogP) is 3.03. The van der Waals surface area contributed by atoms with E-state index in [4.69, 9.17) is 4.74 Å². The van der Waals surface area contributed by atoms with Crippen molar-refractivity contribution in [3.8, 4) is 5.75 Å². The number of piperidine rings is 1. The second-order valence-electron chi connectivity index (χ2n) is 5.88. The molecule has 1 saturated heterocycles. The SMILES string of the molecule is COc1ccc2ccccc2c1CN(C)C1CCCNC1. The number of nitrogens with one attached hydrogen (secondary N) is 1. The lowest BCUT2D eigenvalue weighted by Crippen LogP contribution is -2.43. The number of ether oxygens (including phenoxy) is 1. The molecule has 1 fully saturated rings. The zero-order valence-corrected chi connectivity index (χ0v) is 12.9. The molecular weight excluding hydrogens is 260 g/mol. The molecule has 3 rings (SSSR count). The van der Waals surface area contributed by atoms with E-state index in [0.717, 1.165) is 25.4 Å². The highest BCUT2D eigenvalue weighted by atomic mass is 16.5. The number of fused-ring (bicyclic) bond motifs is 1. The Morgan fingerprint density at radius 1 is 1.24 bits per heavy atom. The quantitative estimate of drug-likeness (QED) is 0.934.